The monoisotopic (exact) mass is 505 g/mol. The van der Waals surface area contributed by atoms with Crippen molar-refractivity contribution in [2.24, 2.45) is 0 Å². The third kappa shape index (κ3) is 6.48. The van der Waals surface area contributed by atoms with E-state index in [-0.39, 0.29) is 30.3 Å². The Morgan fingerprint density at radius 1 is 1.06 bits per heavy atom. The summed E-state index contributed by atoms with van der Waals surface area (Å²) in [6.45, 7) is 0.887. The van der Waals surface area contributed by atoms with E-state index in [4.69, 9.17) is 9.84 Å². The zero-order chi connectivity index (χ0) is 25.7. The Bertz CT molecular complexity index is 1190. The predicted octanol–water partition coefficient (Wildman–Crippen LogP) is 4.50. The van der Waals surface area contributed by atoms with Crippen LogP contribution in [0.25, 0.3) is 0 Å². The number of benzene rings is 2. The summed E-state index contributed by atoms with van der Waals surface area (Å²) in [5, 5.41) is 8.88. The molecule has 0 aliphatic carbocycles. The number of nitrogens with zero attached hydrogens (tertiary/aromatic N) is 3. The molecule has 1 aliphatic heterocycles. The van der Waals surface area contributed by atoms with Gasteiger partial charge in [0, 0.05) is 6.54 Å². The molecule has 2 heterocycles. The van der Waals surface area contributed by atoms with Gasteiger partial charge in [-0.05, 0) is 41.7 Å². The molecule has 0 spiro atoms. The second kappa shape index (κ2) is 10.9. The number of aromatic nitrogens is 2. The van der Waals surface area contributed by atoms with E-state index in [0.29, 0.717) is 37.1 Å². The SMILES string of the molecule is O=C(O)Cc1ccc(CCc2ncnc(N3CCOCC3c3ccc(OC(F)(F)F)cc3)c2F)cc1. The van der Waals surface area contributed by atoms with Crippen LogP contribution < -0.4 is 9.64 Å². The fourth-order valence-corrected chi connectivity index (χ4v) is 4.06. The first-order valence-corrected chi connectivity index (χ1v) is 11.2. The van der Waals surface area contributed by atoms with E-state index in [0.717, 1.165) is 5.56 Å². The van der Waals surface area contributed by atoms with Gasteiger partial charge in [0.05, 0.1) is 31.4 Å². The van der Waals surface area contributed by atoms with Crippen molar-refractivity contribution in [3.63, 3.8) is 0 Å². The van der Waals surface area contributed by atoms with E-state index in [1.54, 1.807) is 17.0 Å². The Labute approximate surface area is 204 Å². The number of hydrogen-bond acceptors (Lipinski definition) is 6. The number of ether oxygens (including phenoxy) is 2. The fraction of sp³-hybridized carbons (Fsp3) is 0.320. The number of aryl methyl sites for hydroxylation is 2. The molecule has 0 amide bonds. The molecule has 1 aromatic heterocycles. The summed E-state index contributed by atoms with van der Waals surface area (Å²) in [7, 11) is 0. The van der Waals surface area contributed by atoms with Crippen molar-refractivity contribution >= 4 is 11.8 Å². The van der Waals surface area contributed by atoms with Gasteiger partial charge >= 0.3 is 12.3 Å². The van der Waals surface area contributed by atoms with Gasteiger partial charge in [0.2, 0.25) is 0 Å². The quantitative estimate of drug-likeness (QED) is 0.451. The topological polar surface area (TPSA) is 84.8 Å². The zero-order valence-electron chi connectivity index (χ0n) is 19.0. The van der Waals surface area contributed by atoms with E-state index in [9.17, 15) is 18.0 Å². The van der Waals surface area contributed by atoms with Crippen LogP contribution in [0.2, 0.25) is 0 Å². The molecule has 1 atom stereocenters. The molecule has 0 bridgehead atoms. The standard InChI is InChI=1S/C25H23F4N3O4/c26-23-20(10-5-16-1-3-17(4-2-16)13-22(33)34)30-15-31-24(23)32-11-12-35-14-21(32)18-6-8-19(9-7-18)36-25(27,28)29/h1-4,6-9,15,21H,5,10-14H2,(H,33,34). The Hall–Kier alpha value is -3.73. The molecular weight excluding hydrogens is 482 g/mol. The van der Waals surface area contributed by atoms with Crippen molar-refractivity contribution < 1.29 is 36.9 Å². The minimum atomic E-state index is -4.79. The van der Waals surface area contributed by atoms with Crippen LogP contribution in [0.4, 0.5) is 23.4 Å². The van der Waals surface area contributed by atoms with Crippen LogP contribution in [0.15, 0.2) is 54.9 Å². The van der Waals surface area contributed by atoms with E-state index < -0.39 is 24.2 Å². The number of rotatable bonds is 8. The highest BCUT2D eigenvalue weighted by molar-refractivity contribution is 5.70. The van der Waals surface area contributed by atoms with E-state index in [1.165, 1.54) is 30.6 Å². The lowest BCUT2D eigenvalue weighted by Crippen LogP contribution is -2.40. The summed E-state index contributed by atoms with van der Waals surface area (Å²) >= 11 is 0. The lowest BCUT2D eigenvalue weighted by atomic mass is 10.0. The van der Waals surface area contributed by atoms with Gasteiger partial charge in [-0.15, -0.1) is 13.2 Å². The maximum atomic E-state index is 15.5. The van der Waals surface area contributed by atoms with Crippen LogP contribution in [0, 0.1) is 5.82 Å². The molecule has 1 aliphatic rings. The van der Waals surface area contributed by atoms with Crippen LogP contribution in [0.3, 0.4) is 0 Å². The minimum absolute atomic E-state index is 0.0665. The molecule has 0 saturated carbocycles. The van der Waals surface area contributed by atoms with Crippen molar-refractivity contribution in [2.75, 3.05) is 24.7 Å². The molecule has 1 fully saturated rings. The number of morpholine rings is 1. The van der Waals surface area contributed by atoms with Crippen molar-refractivity contribution in [1.82, 2.24) is 9.97 Å². The Balaban J connectivity index is 1.49. The van der Waals surface area contributed by atoms with Gasteiger partial charge in [-0.2, -0.15) is 0 Å². The number of carboxylic acid groups (broad SMARTS) is 1. The normalized spacial score (nSPS) is 16.1. The number of carboxylic acids is 1. The van der Waals surface area contributed by atoms with Gasteiger partial charge < -0.3 is 19.5 Å². The lowest BCUT2D eigenvalue weighted by Gasteiger charge is -2.37. The molecular formula is C25H23F4N3O4. The minimum Gasteiger partial charge on any atom is -0.481 e. The first kappa shape index (κ1) is 25.4. The number of anilines is 1. The highest BCUT2D eigenvalue weighted by Crippen LogP contribution is 2.32. The summed E-state index contributed by atoms with van der Waals surface area (Å²) in [4.78, 5) is 20.8. The maximum Gasteiger partial charge on any atom is 0.573 e. The molecule has 4 rings (SSSR count). The number of alkyl halides is 3. The Kier molecular flexibility index (Phi) is 7.68. The van der Waals surface area contributed by atoms with Gasteiger partial charge in [-0.1, -0.05) is 36.4 Å². The van der Waals surface area contributed by atoms with Crippen molar-refractivity contribution in [3.05, 3.63) is 83.1 Å². The number of carbonyl (C=O) groups is 1. The van der Waals surface area contributed by atoms with Crippen LogP contribution in [-0.2, 0) is 28.8 Å². The van der Waals surface area contributed by atoms with E-state index in [1.807, 2.05) is 12.1 Å². The van der Waals surface area contributed by atoms with Gasteiger partial charge in [-0.3, -0.25) is 4.79 Å². The number of aliphatic carboxylic acids is 1. The van der Waals surface area contributed by atoms with Gasteiger partial charge in [0.15, 0.2) is 11.6 Å². The number of hydrogen-bond donors (Lipinski definition) is 1. The van der Waals surface area contributed by atoms with Crippen molar-refractivity contribution in [3.8, 4) is 5.75 Å². The molecule has 7 nitrogen and oxygen atoms in total. The molecule has 36 heavy (non-hydrogen) atoms. The molecule has 1 saturated heterocycles. The second-order valence-electron chi connectivity index (χ2n) is 8.25. The van der Waals surface area contributed by atoms with Gasteiger partial charge in [0.25, 0.3) is 0 Å². The molecule has 2 aromatic carbocycles. The molecule has 1 unspecified atom stereocenters. The molecule has 3 aromatic rings. The van der Waals surface area contributed by atoms with Gasteiger partial charge in [0.1, 0.15) is 12.1 Å². The highest BCUT2D eigenvalue weighted by atomic mass is 19.4. The maximum absolute atomic E-state index is 15.5. The highest BCUT2D eigenvalue weighted by Gasteiger charge is 2.32. The third-order valence-corrected chi connectivity index (χ3v) is 5.77. The summed E-state index contributed by atoms with van der Waals surface area (Å²) in [6.07, 6.45) is -2.77. The summed E-state index contributed by atoms with van der Waals surface area (Å²) in [6, 6.07) is 12.0. The average Bonchev–Trinajstić information content (AvgIpc) is 2.84. The fourth-order valence-electron chi connectivity index (χ4n) is 4.06. The van der Waals surface area contributed by atoms with E-state index >= 15 is 4.39 Å². The smallest absolute Gasteiger partial charge is 0.481 e. The summed E-state index contributed by atoms with van der Waals surface area (Å²) < 4.78 is 62.4. The second-order valence-corrected chi connectivity index (χ2v) is 8.25. The molecule has 190 valence electrons. The average molecular weight is 505 g/mol. The Morgan fingerprint density at radius 2 is 1.75 bits per heavy atom. The predicted molar refractivity (Wildman–Crippen MR) is 121 cm³/mol. The van der Waals surface area contributed by atoms with Crippen molar-refractivity contribution in [2.45, 2.75) is 31.7 Å². The lowest BCUT2D eigenvalue weighted by molar-refractivity contribution is -0.274. The first-order chi connectivity index (χ1) is 17.2. The number of halogens is 4. The molecule has 11 heteroatoms. The Morgan fingerprint density at radius 3 is 2.42 bits per heavy atom. The van der Waals surface area contributed by atoms with Crippen LogP contribution in [0.5, 0.6) is 5.75 Å². The van der Waals surface area contributed by atoms with Crippen LogP contribution >= 0.6 is 0 Å². The van der Waals surface area contributed by atoms with Crippen LogP contribution in [0.1, 0.15) is 28.4 Å². The third-order valence-electron chi connectivity index (χ3n) is 5.77. The van der Waals surface area contributed by atoms with E-state index in [2.05, 4.69) is 14.7 Å². The largest absolute Gasteiger partial charge is 0.573 e. The zero-order valence-corrected chi connectivity index (χ0v) is 19.0. The van der Waals surface area contributed by atoms with Gasteiger partial charge in [-0.25, -0.2) is 14.4 Å². The van der Waals surface area contributed by atoms with Crippen molar-refractivity contribution in [1.29, 1.82) is 0 Å². The molecule has 1 N–H and O–H groups in total. The summed E-state index contributed by atoms with van der Waals surface area (Å²) in [5.41, 5.74) is 2.45. The van der Waals surface area contributed by atoms with Crippen LogP contribution in [-0.4, -0.2) is 47.2 Å². The summed E-state index contributed by atoms with van der Waals surface area (Å²) in [5.74, 6) is -1.73. The molecule has 0 radical (unpaired) electrons. The first-order valence-electron chi connectivity index (χ1n) is 11.2.